The molecule has 0 radical (unpaired) electrons. The van der Waals surface area contributed by atoms with E-state index in [1.54, 1.807) is 0 Å². The quantitative estimate of drug-likeness (QED) is 0.656. The predicted molar refractivity (Wildman–Crippen MR) is 69.5 cm³/mol. The van der Waals surface area contributed by atoms with E-state index < -0.39 is 0 Å². The minimum atomic E-state index is 0.368. The highest BCUT2D eigenvalue weighted by Crippen LogP contribution is 2.25. The van der Waals surface area contributed by atoms with Gasteiger partial charge in [-0.1, -0.05) is 72.8 Å². The molecule has 80 valence electrons. The average Bonchev–Trinajstić information content (AvgIpc) is 2.38. The Balaban J connectivity index is 2.39. The molecule has 0 aromatic heterocycles. The summed E-state index contributed by atoms with van der Waals surface area (Å²) in [4.78, 5) is 0. The van der Waals surface area contributed by atoms with Crippen molar-refractivity contribution in [1.82, 2.24) is 0 Å². The van der Waals surface area contributed by atoms with Gasteiger partial charge in [-0.25, -0.2) is 0 Å². The number of rotatable bonds is 3. The van der Waals surface area contributed by atoms with Crippen LogP contribution in [0.4, 0.5) is 0 Å². The Morgan fingerprint density at radius 1 is 0.750 bits per heavy atom. The number of hydrogen-bond acceptors (Lipinski definition) is 0. The summed E-state index contributed by atoms with van der Waals surface area (Å²) in [7, 11) is 0. The van der Waals surface area contributed by atoms with Gasteiger partial charge < -0.3 is 0 Å². The first kappa shape index (κ1) is 10.7. The molecule has 0 unspecified atom stereocenters. The minimum Gasteiger partial charge on any atom is -0.0907 e. The van der Waals surface area contributed by atoms with E-state index in [2.05, 4.69) is 79.7 Å². The Morgan fingerprint density at radius 3 is 1.56 bits per heavy atom. The lowest BCUT2D eigenvalue weighted by Crippen LogP contribution is -1.96. The summed E-state index contributed by atoms with van der Waals surface area (Å²) in [5.74, 6) is 0.368. The molecule has 0 spiro atoms. The van der Waals surface area contributed by atoms with Crippen LogP contribution in [0.3, 0.4) is 0 Å². The van der Waals surface area contributed by atoms with Gasteiger partial charge in [-0.15, -0.1) is 0 Å². The fraction of sp³-hybridized carbons (Fsp3) is 0.125. The van der Waals surface area contributed by atoms with Crippen LogP contribution in [-0.2, 0) is 0 Å². The standard InChI is InChI=1S/C16H16/c1-2-9-16(14-10-5-3-6-11-14)15-12-7-4-8-13-15/h2-13,16H,1H3/b9-2-. The van der Waals surface area contributed by atoms with E-state index in [0.29, 0.717) is 5.92 Å². The topological polar surface area (TPSA) is 0 Å². The Hall–Kier alpha value is -1.82. The van der Waals surface area contributed by atoms with Crippen molar-refractivity contribution in [2.75, 3.05) is 0 Å². The molecule has 2 rings (SSSR count). The lowest BCUT2D eigenvalue weighted by Gasteiger charge is -2.13. The summed E-state index contributed by atoms with van der Waals surface area (Å²) in [5, 5.41) is 0. The van der Waals surface area contributed by atoms with Crippen molar-refractivity contribution in [1.29, 1.82) is 0 Å². The van der Waals surface area contributed by atoms with Crippen LogP contribution in [-0.4, -0.2) is 0 Å². The van der Waals surface area contributed by atoms with E-state index in [0.717, 1.165) is 0 Å². The van der Waals surface area contributed by atoms with Crippen LogP contribution in [0.15, 0.2) is 72.8 Å². The first-order valence-electron chi connectivity index (χ1n) is 5.64. The van der Waals surface area contributed by atoms with Crippen molar-refractivity contribution < 1.29 is 0 Å². The molecule has 0 nitrogen and oxygen atoms in total. The normalized spacial score (nSPS) is 11.1. The summed E-state index contributed by atoms with van der Waals surface area (Å²) in [6, 6.07) is 21.2. The molecule has 2 aromatic rings. The molecular weight excluding hydrogens is 192 g/mol. The van der Waals surface area contributed by atoms with Gasteiger partial charge in [0, 0.05) is 5.92 Å². The second-order valence-electron chi connectivity index (χ2n) is 3.82. The molecule has 0 aliphatic rings. The van der Waals surface area contributed by atoms with E-state index in [1.165, 1.54) is 11.1 Å². The van der Waals surface area contributed by atoms with Crippen LogP contribution in [0.25, 0.3) is 0 Å². The van der Waals surface area contributed by atoms with Gasteiger partial charge in [0.25, 0.3) is 0 Å². The molecular formula is C16H16. The molecule has 0 saturated heterocycles. The van der Waals surface area contributed by atoms with Gasteiger partial charge in [-0.3, -0.25) is 0 Å². The highest BCUT2D eigenvalue weighted by Gasteiger charge is 2.08. The summed E-state index contributed by atoms with van der Waals surface area (Å²) >= 11 is 0. The highest BCUT2D eigenvalue weighted by atomic mass is 14.1. The molecule has 0 saturated carbocycles. The fourth-order valence-electron chi connectivity index (χ4n) is 1.93. The van der Waals surface area contributed by atoms with E-state index in [-0.39, 0.29) is 0 Å². The van der Waals surface area contributed by atoms with E-state index in [9.17, 15) is 0 Å². The van der Waals surface area contributed by atoms with Crippen LogP contribution in [0.2, 0.25) is 0 Å². The molecule has 0 fully saturated rings. The number of hydrogen-bond donors (Lipinski definition) is 0. The molecule has 0 heteroatoms. The molecule has 2 aromatic carbocycles. The smallest absolute Gasteiger partial charge is 0.0269 e. The average molecular weight is 208 g/mol. The zero-order valence-corrected chi connectivity index (χ0v) is 9.51. The van der Waals surface area contributed by atoms with Crippen LogP contribution < -0.4 is 0 Å². The van der Waals surface area contributed by atoms with Gasteiger partial charge in [0.05, 0.1) is 0 Å². The molecule has 0 atom stereocenters. The van der Waals surface area contributed by atoms with Crippen molar-refractivity contribution in [3.63, 3.8) is 0 Å². The zero-order chi connectivity index (χ0) is 11.2. The third-order valence-electron chi connectivity index (χ3n) is 2.70. The number of allylic oxidation sites excluding steroid dienone is 2. The maximum Gasteiger partial charge on any atom is 0.0269 e. The molecule has 0 N–H and O–H groups in total. The van der Waals surface area contributed by atoms with Crippen molar-refractivity contribution in [2.24, 2.45) is 0 Å². The van der Waals surface area contributed by atoms with Gasteiger partial charge in [0.2, 0.25) is 0 Å². The van der Waals surface area contributed by atoms with Crippen LogP contribution >= 0.6 is 0 Å². The Morgan fingerprint density at radius 2 is 1.19 bits per heavy atom. The second kappa shape index (κ2) is 5.32. The molecule has 16 heavy (non-hydrogen) atoms. The van der Waals surface area contributed by atoms with Crippen molar-refractivity contribution in [2.45, 2.75) is 12.8 Å². The minimum absolute atomic E-state index is 0.368. The SMILES string of the molecule is C/C=C\C(c1ccccc1)c1ccccc1. The molecule has 0 heterocycles. The predicted octanol–water partition coefficient (Wildman–Crippen LogP) is 4.39. The first-order chi connectivity index (χ1) is 7.92. The molecule has 0 aliphatic heterocycles. The van der Waals surface area contributed by atoms with Crippen LogP contribution in [0.5, 0.6) is 0 Å². The lowest BCUT2D eigenvalue weighted by atomic mass is 9.91. The van der Waals surface area contributed by atoms with Crippen molar-refractivity contribution in [3.8, 4) is 0 Å². The lowest BCUT2D eigenvalue weighted by molar-refractivity contribution is 1.02. The zero-order valence-electron chi connectivity index (χ0n) is 9.51. The highest BCUT2D eigenvalue weighted by molar-refractivity contribution is 5.36. The third kappa shape index (κ3) is 2.40. The van der Waals surface area contributed by atoms with Crippen molar-refractivity contribution in [3.05, 3.63) is 83.9 Å². The molecule has 0 aliphatic carbocycles. The summed E-state index contributed by atoms with van der Waals surface area (Å²) in [6.45, 7) is 2.07. The maximum absolute atomic E-state index is 2.24. The van der Waals surface area contributed by atoms with E-state index in [1.807, 2.05) is 0 Å². The second-order valence-corrected chi connectivity index (χ2v) is 3.82. The fourth-order valence-corrected chi connectivity index (χ4v) is 1.93. The monoisotopic (exact) mass is 208 g/mol. The first-order valence-corrected chi connectivity index (χ1v) is 5.64. The third-order valence-corrected chi connectivity index (χ3v) is 2.70. The summed E-state index contributed by atoms with van der Waals surface area (Å²) < 4.78 is 0. The van der Waals surface area contributed by atoms with E-state index >= 15 is 0 Å². The van der Waals surface area contributed by atoms with Crippen molar-refractivity contribution >= 4 is 0 Å². The summed E-state index contributed by atoms with van der Waals surface area (Å²) in [5.41, 5.74) is 2.68. The molecule has 0 amide bonds. The largest absolute Gasteiger partial charge is 0.0907 e. The van der Waals surface area contributed by atoms with E-state index in [4.69, 9.17) is 0 Å². The Labute approximate surface area is 97.3 Å². The molecule has 0 bridgehead atoms. The van der Waals surface area contributed by atoms with Gasteiger partial charge >= 0.3 is 0 Å². The van der Waals surface area contributed by atoms with Gasteiger partial charge in [0.1, 0.15) is 0 Å². The van der Waals surface area contributed by atoms with Gasteiger partial charge in [-0.05, 0) is 18.1 Å². The maximum atomic E-state index is 2.24. The summed E-state index contributed by atoms with van der Waals surface area (Å²) in [6.07, 6.45) is 4.36. The Bertz CT molecular complexity index is 400. The van der Waals surface area contributed by atoms with Crippen LogP contribution in [0.1, 0.15) is 24.0 Å². The van der Waals surface area contributed by atoms with Gasteiger partial charge in [-0.2, -0.15) is 0 Å². The van der Waals surface area contributed by atoms with Gasteiger partial charge in [0.15, 0.2) is 0 Å². The number of benzene rings is 2. The van der Waals surface area contributed by atoms with Crippen LogP contribution in [0, 0.1) is 0 Å². The Kier molecular flexibility index (Phi) is 3.55.